The van der Waals surface area contributed by atoms with Crippen molar-refractivity contribution in [3.63, 3.8) is 0 Å². The summed E-state index contributed by atoms with van der Waals surface area (Å²) in [7, 11) is -3.80. The number of hydrogen-bond acceptors (Lipinski definition) is 5. The zero-order valence-electron chi connectivity index (χ0n) is 17.7. The third-order valence-corrected chi connectivity index (χ3v) is 6.79. The Bertz CT molecular complexity index is 1200. The molecule has 7 nitrogen and oxygen atoms in total. The Morgan fingerprint density at radius 3 is 2.42 bits per heavy atom. The summed E-state index contributed by atoms with van der Waals surface area (Å²) in [5.74, 6) is -0.799. The topological polar surface area (TPSA) is 104 Å². The summed E-state index contributed by atoms with van der Waals surface area (Å²) in [6.45, 7) is 0.518. The predicted octanol–water partition coefficient (Wildman–Crippen LogP) is 3.19. The Labute approximate surface area is 196 Å². The summed E-state index contributed by atoms with van der Waals surface area (Å²) >= 11 is 1.44. The molecule has 1 heterocycles. The second-order valence-corrected chi connectivity index (χ2v) is 9.80. The van der Waals surface area contributed by atoms with Crippen LogP contribution in [0.4, 0.5) is 4.39 Å². The number of carbonyl (C=O) groups excluding carboxylic acids is 2. The lowest BCUT2D eigenvalue weighted by Gasteiger charge is -2.10. The van der Waals surface area contributed by atoms with Crippen molar-refractivity contribution in [1.29, 1.82) is 0 Å². The van der Waals surface area contributed by atoms with Crippen molar-refractivity contribution < 1.29 is 22.4 Å². The molecule has 0 aliphatic carbocycles. The number of sulfonamides is 1. The van der Waals surface area contributed by atoms with Gasteiger partial charge in [0.1, 0.15) is 5.82 Å². The third-order valence-electron chi connectivity index (χ3n) is 4.70. The maximum Gasteiger partial charge on any atom is 0.252 e. The fourth-order valence-corrected chi connectivity index (χ4v) is 4.69. The van der Waals surface area contributed by atoms with Crippen LogP contribution in [0.2, 0.25) is 0 Å². The predicted molar refractivity (Wildman–Crippen MR) is 125 cm³/mol. The van der Waals surface area contributed by atoms with E-state index in [1.165, 1.54) is 41.7 Å². The van der Waals surface area contributed by atoms with E-state index in [-0.39, 0.29) is 36.2 Å². The van der Waals surface area contributed by atoms with Gasteiger partial charge in [-0.05, 0) is 53.3 Å². The molecule has 3 aromatic rings. The molecule has 0 unspecified atom stereocenters. The number of thiophene rings is 1. The molecule has 2 amide bonds. The Kier molecular flexibility index (Phi) is 8.70. The van der Waals surface area contributed by atoms with Gasteiger partial charge in [0, 0.05) is 37.0 Å². The van der Waals surface area contributed by atoms with Crippen LogP contribution < -0.4 is 15.4 Å². The van der Waals surface area contributed by atoms with Crippen LogP contribution in [0.5, 0.6) is 0 Å². The Hall–Kier alpha value is -3.08. The van der Waals surface area contributed by atoms with Gasteiger partial charge in [0.05, 0.1) is 4.90 Å². The van der Waals surface area contributed by atoms with Crippen molar-refractivity contribution in [3.8, 4) is 0 Å². The Balaban J connectivity index is 1.44. The van der Waals surface area contributed by atoms with Crippen LogP contribution in [0.25, 0.3) is 0 Å². The van der Waals surface area contributed by atoms with Gasteiger partial charge >= 0.3 is 0 Å². The average molecular weight is 490 g/mol. The van der Waals surface area contributed by atoms with Gasteiger partial charge in [0.15, 0.2) is 0 Å². The molecular weight excluding hydrogens is 465 g/mol. The third kappa shape index (κ3) is 7.77. The van der Waals surface area contributed by atoms with Gasteiger partial charge in [0.25, 0.3) is 5.91 Å². The molecule has 2 aromatic carbocycles. The lowest BCUT2D eigenvalue weighted by molar-refractivity contribution is -0.121. The van der Waals surface area contributed by atoms with Gasteiger partial charge in [-0.3, -0.25) is 9.59 Å². The average Bonchev–Trinajstić information content (AvgIpc) is 3.35. The number of amides is 2. The molecule has 0 saturated carbocycles. The number of hydrogen-bond donors (Lipinski definition) is 3. The molecule has 0 atom stereocenters. The highest BCUT2D eigenvalue weighted by Gasteiger charge is 2.14. The second kappa shape index (κ2) is 11.7. The largest absolute Gasteiger partial charge is 0.352 e. The lowest BCUT2D eigenvalue weighted by Crippen LogP contribution is -2.27. The van der Waals surface area contributed by atoms with Gasteiger partial charge < -0.3 is 10.6 Å². The van der Waals surface area contributed by atoms with E-state index in [1.54, 1.807) is 29.6 Å². The molecule has 0 radical (unpaired) electrons. The van der Waals surface area contributed by atoms with Crippen molar-refractivity contribution in [3.05, 3.63) is 87.9 Å². The molecule has 0 bridgehead atoms. The number of carbonyl (C=O) groups is 2. The molecule has 10 heteroatoms. The molecule has 0 spiro atoms. The van der Waals surface area contributed by atoms with E-state index in [1.807, 2.05) is 5.38 Å². The van der Waals surface area contributed by atoms with Crippen LogP contribution in [0.15, 0.2) is 70.3 Å². The summed E-state index contributed by atoms with van der Waals surface area (Å²) in [5.41, 5.74) is 1.74. The quantitative estimate of drug-likeness (QED) is 0.360. The Morgan fingerprint density at radius 1 is 0.939 bits per heavy atom. The summed E-state index contributed by atoms with van der Waals surface area (Å²) < 4.78 is 40.9. The van der Waals surface area contributed by atoms with Gasteiger partial charge in [-0.15, -0.1) is 0 Å². The number of halogens is 1. The normalized spacial score (nSPS) is 11.2. The van der Waals surface area contributed by atoms with E-state index in [0.717, 1.165) is 0 Å². The summed E-state index contributed by atoms with van der Waals surface area (Å²) in [6, 6.07) is 13.7. The van der Waals surface area contributed by atoms with Crippen LogP contribution in [-0.2, 0) is 27.9 Å². The highest BCUT2D eigenvalue weighted by molar-refractivity contribution is 7.89. The number of rotatable bonds is 11. The molecular formula is C23H24FN3O4S2. The molecule has 33 heavy (non-hydrogen) atoms. The zero-order chi connectivity index (χ0) is 23.7. The molecule has 0 aliphatic rings. The minimum absolute atomic E-state index is 0.0377. The van der Waals surface area contributed by atoms with Crippen molar-refractivity contribution >= 4 is 33.2 Å². The van der Waals surface area contributed by atoms with E-state index < -0.39 is 15.8 Å². The minimum atomic E-state index is -3.80. The monoisotopic (exact) mass is 489 g/mol. The van der Waals surface area contributed by atoms with Crippen LogP contribution in [-0.4, -0.2) is 26.8 Å². The van der Waals surface area contributed by atoms with Gasteiger partial charge in [0.2, 0.25) is 15.9 Å². The minimum Gasteiger partial charge on any atom is -0.352 e. The maximum atomic E-state index is 13.3. The van der Waals surface area contributed by atoms with Crippen LogP contribution in [0.3, 0.4) is 0 Å². The van der Waals surface area contributed by atoms with Crippen molar-refractivity contribution in [2.75, 3.05) is 6.54 Å². The van der Waals surface area contributed by atoms with Crippen LogP contribution in [0.1, 0.15) is 34.3 Å². The van der Waals surface area contributed by atoms with Gasteiger partial charge in [-0.1, -0.05) is 24.3 Å². The highest BCUT2D eigenvalue weighted by Crippen LogP contribution is 2.13. The molecule has 0 aliphatic heterocycles. The van der Waals surface area contributed by atoms with Crippen LogP contribution in [0, 0.1) is 5.82 Å². The number of benzene rings is 2. The molecule has 3 rings (SSSR count). The first-order valence-electron chi connectivity index (χ1n) is 10.2. The fourth-order valence-electron chi connectivity index (χ4n) is 2.97. The highest BCUT2D eigenvalue weighted by atomic mass is 32.2. The molecule has 1 aromatic heterocycles. The smallest absolute Gasteiger partial charge is 0.252 e. The first-order valence-corrected chi connectivity index (χ1v) is 12.7. The van der Waals surface area contributed by atoms with E-state index >= 15 is 0 Å². The van der Waals surface area contributed by atoms with Gasteiger partial charge in [-0.25, -0.2) is 17.5 Å². The zero-order valence-corrected chi connectivity index (χ0v) is 19.3. The first kappa shape index (κ1) is 24.6. The lowest BCUT2D eigenvalue weighted by atomic mass is 10.2. The maximum absolute atomic E-state index is 13.3. The standard InChI is InChI=1S/C23H24FN3O4S2/c24-20-6-1-4-17(12-20)15-27-33(30,31)21-7-2-5-18(13-21)14-26-22(28)8-3-10-25-23(29)19-9-11-32-16-19/h1-2,4-7,9,11-13,16,27H,3,8,10,14-15H2,(H,25,29)(H,26,28). The van der Waals surface area contributed by atoms with Crippen molar-refractivity contribution in [1.82, 2.24) is 15.4 Å². The second-order valence-electron chi connectivity index (χ2n) is 7.25. The van der Waals surface area contributed by atoms with E-state index in [2.05, 4.69) is 15.4 Å². The molecule has 3 N–H and O–H groups in total. The van der Waals surface area contributed by atoms with E-state index in [4.69, 9.17) is 0 Å². The molecule has 0 saturated heterocycles. The fraction of sp³-hybridized carbons (Fsp3) is 0.217. The molecule has 0 fully saturated rings. The van der Waals surface area contributed by atoms with Crippen molar-refractivity contribution in [2.45, 2.75) is 30.8 Å². The van der Waals surface area contributed by atoms with Gasteiger partial charge in [-0.2, -0.15) is 11.3 Å². The summed E-state index contributed by atoms with van der Waals surface area (Å²) in [5, 5.41) is 9.09. The first-order chi connectivity index (χ1) is 15.8. The summed E-state index contributed by atoms with van der Waals surface area (Å²) in [4.78, 5) is 24.0. The summed E-state index contributed by atoms with van der Waals surface area (Å²) in [6.07, 6.45) is 0.719. The SMILES string of the molecule is O=C(CCCNC(=O)c1ccsc1)NCc1cccc(S(=O)(=O)NCc2cccc(F)c2)c1. The van der Waals surface area contributed by atoms with Crippen LogP contribution >= 0.6 is 11.3 Å². The van der Waals surface area contributed by atoms with Crippen molar-refractivity contribution in [2.24, 2.45) is 0 Å². The number of nitrogens with one attached hydrogen (secondary N) is 3. The van der Waals surface area contributed by atoms with E-state index in [0.29, 0.717) is 29.7 Å². The Morgan fingerprint density at radius 2 is 1.70 bits per heavy atom. The van der Waals surface area contributed by atoms with E-state index in [9.17, 15) is 22.4 Å². The molecule has 174 valence electrons.